The van der Waals surface area contributed by atoms with Gasteiger partial charge in [-0.25, -0.2) is 4.98 Å². The molecule has 3 aliphatic carbocycles. The van der Waals surface area contributed by atoms with Gasteiger partial charge in [0.2, 0.25) is 0 Å². The predicted molar refractivity (Wildman–Crippen MR) is 52.8 cm³/mol. The fourth-order valence-corrected chi connectivity index (χ4v) is 3.06. The van der Waals surface area contributed by atoms with Crippen LogP contribution in [0.2, 0.25) is 0 Å². The molecule has 2 N–H and O–H groups in total. The van der Waals surface area contributed by atoms with E-state index < -0.39 is 0 Å². The van der Waals surface area contributed by atoms with E-state index in [2.05, 4.69) is 4.98 Å². The summed E-state index contributed by atoms with van der Waals surface area (Å²) in [5.74, 6) is 1.08. The normalized spacial score (nSPS) is 41.5. The van der Waals surface area contributed by atoms with E-state index in [4.69, 9.17) is 10.2 Å². The van der Waals surface area contributed by atoms with E-state index in [0.29, 0.717) is 0 Å². The van der Waals surface area contributed by atoms with Crippen LogP contribution in [-0.2, 0) is 5.41 Å². The number of hydrogen-bond donors (Lipinski definition) is 1. The van der Waals surface area contributed by atoms with Crippen molar-refractivity contribution in [3.05, 3.63) is 18.4 Å². The molecular weight excluding hydrogens is 176 g/mol. The number of hydrogen-bond acceptors (Lipinski definition) is 3. The van der Waals surface area contributed by atoms with Crippen LogP contribution in [0, 0.1) is 0 Å². The van der Waals surface area contributed by atoms with Crippen LogP contribution < -0.4 is 5.73 Å². The molecular formula is C11H16N2O. The van der Waals surface area contributed by atoms with Crippen molar-refractivity contribution in [3.63, 3.8) is 0 Å². The molecule has 0 saturated heterocycles. The van der Waals surface area contributed by atoms with Crippen LogP contribution in [0.3, 0.4) is 0 Å². The summed E-state index contributed by atoms with van der Waals surface area (Å²) in [6, 6.07) is 0. The van der Waals surface area contributed by atoms with Gasteiger partial charge in [0.05, 0.1) is 6.20 Å². The standard InChI is InChI=1S/C11H16N2O/c12-11-4-1-10(2-5-11,3-6-11)9-7-13-8-14-9/h7-8H,1-6,12H2. The van der Waals surface area contributed by atoms with E-state index in [1.54, 1.807) is 6.39 Å². The number of nitrogens with two attached hydrogens (primary N) is 1. The Morgan fingerprint density at radius 1 is 1.14 bits per heavy atom. The lowest BCUT2D eigenvalue weighted by Gasteiger charge is -2.50. The second kappa shape index (κ2) is 2.60. The molecule has 0 atom stereocenters. The maximum Gasteiger partial charge on any atom is 0.180 e. The first-order chi connectivity index (χ1) is 6.73. The Labute approximate surface area is 83.7 Å². The van der Waals surface area contributed by atoms with Crippen LogP contribution in [0.25, 0.3) is 0 Å². The number of rotatable bonds is 1. The highest BCUT2D eigenvalue weighted by Gasteiger charge is 2.49. The molecule has 0 amide bonds. The van der Waals surface area contributed by atoms with Gasteiger partial charge in [-0.05, 0) is 38.5 Å². The number of nitrogens with zero attached hydrogens (tertiary/aromatic N) is 1. The molecule has 3 nitrogen and oxygen atoms in total. The molecule has 1 heterocycles. The van der Waals surface area contributed by atoms with Gasteiger partial charge in [-0.2, -0.15) is 0 Å². The van der Waals surface area contributed by atoms with Crippen molar-refractivity contribution in [1.82, 2.24) is 4.98 Å². The highest BCUT2D eigenvalue weighted by atomic mass is 16.3. The van der Waals surface area contributed by atoms with E-state index >= 15 is 0 Å². The summed E-state index contributed by atoms with van der Waals surface area (Å²) in [5.41, 5.74) is 6.68. The van der Waals surface area contributed by atoms with Crippen LogP contribution in [0.4, 0.5) is 0 Å². The Morgan fingerprint density at radius 2 is 1.79 bits per heavy atom. The van der Waals surface area contributed by atoms with Gasteiger partial charge in [0, 0.05) is 11.0 Å². The highest BCUT2D eigenvalue weighted by Crippen LogP contribution is 2.52. The smallest absolute Gasteiger partial charge is 0.180 e. The molecule has 1 aromatic heterocycles. The number of fused-ring (bicyclic) bond motifs is 3. The second-order valence-corrected chi connectivity index (χ2v) is 5.01. The quantitative estimate of drug-likeness (QED) is 0.740. The molecule has 14 heavy (non-hydrogen) atoms. The fourth-order valence-electron chi connectivity index (χ4n) is 3.06. The zero-order valence-corrected chi connectivity index (χ0v) is 8.33. The molecule has 4 rings (SSSR count). The van der Waals surface area contributed by atoms with Gasteiger partial charge in [-0.15, -0.1) is 0 Å². The summed E-state index contributed by atoms with van der Waals surface area (Å²) in [7, 11) is 0. The molecule has 3 heteroatoms. The van der Waals surface area contributed by atoms with Crippen LogP contribution in [-0.4, -0.2) is 10.5 Å². The SMILES string of the molecule is NC12CCC(c3cnco3)(CC1)CC2. The highest BCUT2D eigenvalue weighted by molar-refractivity contribution is 5.18. The van der Waals surface area contributed by atoms with E-state index in [1.807, 2.05) is 6.20 Å². The summed E-state index contributed by atoms with van der Waals surface area (Å²) in [6.45, 7) is 0. The molecule has 3 aliphatic rings. The maximum absolute atomic E-state index is 6.26. The van der Waals surface area contributed by atoms with Crippen molar-refractivity contribution >= 4 is 0 Å². The van der Waals surface area contributed by atoms with Crippen molar-refractivity contribution in [1.29, 1.82) is 0 Å². The average Bonchev–Trinajstić information content (AvgIpc) is 2.73. The lowest BCUT2D eigenvalue weighted by atomic mass is 9.57. The van der Waals surface area contributed by atoms with E-state index in [-0.39, 0.29) is 11.0 Å². The van der Waals surface area contributed by atoms with Gasteiger partial charge in [-0.3, -0.25) is 0 Å². The van der Waals surface area contributed by atoms with Gasteiger partial charge in [-0.1, -0.05) is 0 Å². The Bertz CT molecular complexity index is 307. The number of aromatic nitrogens is 1. The first-order valence-corrected chi connectivity index (χ1v) is 5.40. The molecule has 0 aromatic carbocycles. The third-order valence-corrected chi connectivity index (χ3v) is 4.26. The molecule has 0 aliphatic heterocycles. The second-order valence-electron chi connectivity index (χ2n) is 5.01. The van der Waals surface area contributed by atoms with Crippen molar-refractivity contribution in [2.75, 3.05) is 0 Å². The summed E-state index contributed by atoms with van der Waals surface area (Å²) >= 11 is 0. The monoisotopic (exact) mass is 192 g/mol. The van der Waals surface area contributed by atoms with E-state index in [1.165, 1.54) is 19.3 Å². The molecule has 2 bridgehead atoms. The summed E-state index contributed by atoms with van der Waals surface area (Å²) in [5, 5.41) is 0. The zero-order valence-electron chi connectivity index (χ0n) is 8.33. The summed E-state index contributed by atoms with van der Waals surface area (Å²) in [6.07, 6.45) is 10.4. The van der Waals surface area contributed by atoms with Crippen LogP contribution in [0.15, 0.2) is 17.0 Å². The molecule has 3 saturated carbocycles. The third kappa shape index (κ3) is 1.05. The Balaban J connectivity index is 1.93. The topological polar surface area (TPSA) is 52.0 Å². The van der Waals surface area contributed by atoms with E-state index in [9.17, 15) is 0 Å². The Hall–Kier alpha value is -0.830. The van der Waals surface area contributed by atoms with E-state index in [0.717, 1.165) is 25.0 Å². The van der Waals surface area contributed by atoms with Gasteiger partial charge in [0.15, 0.2) is 6.39 Å². The largest absolute Gasteiger partial charge is 0.448 e. The minimum atomic E-state index is 0.141. The first kappa shape index (κ1) is 8.48. The minimum absolute atomic E-state index is 0.141. The van der Waals surface area contributed by atoms with Crippen molar-refractivity contribution in [2.24, 2.45) is 5.73 Å². The van der Waals surface area contributed by atoms with Crippen molar-refractivity contribution in [2.45, 2.75) is 49.5 Å². The molecule has 0 radical (unpaired) electrons. The predicted octanol–water partition coefficient (Wildman–Crippen LogP) is 1.98. The van der Waals surface area contributed by atoms with Gasteiger partial charge in [0.25, 0.3) is 0 Å². The van der Waals surface area contributed by atoms with Crippen molar-refractivity contribution in [3.8, 4) is 0 Å². The molecule has 0 unspecified atom stereocenters. The van der Waals surface area contributed by atoms with Gasteiger partial charge in [0.1, 0.15) is 5.76 Å². The fraction of sp³-hybridized carbons (Fsp3) is 0.727. The lowest BCUT2D eigenvalue weighted by molar-refractivity contribution is 0.0901. The lowest BCUT2D eigenvalue weighted by Crippen LogP contribution is -2.53. The summed E-state index contributed by atoms with van der Waals surface area (Å²) < 4.78 is 5.47. The molecule has 1 aromatic rings. The Kier molecular flexibility index (Phi) is 1.57. The molecule has 76 valence electrons. The maximum atomic E-state index is 6.26. The number of oxazole rings is 1. The van der Waals surface area contributed by atoms with Crippen LogP contribution >= 0.6 is 0 Å². The van der Waals surface area contributed by atoms with Gasteiger partial charge >= 0.3 is 0 Å². The Morgan fingerprint density at radius 3 is 2.29 bits per heavy atom. The third-order valence-electron chi connectivity index (χ3n) is 4.26. The van der Waals surface area contributed by atoms with Crippen molar-refractivity contribution < 1.29 is 4.42 Å². The average molecular weight is 192 g/mol. The van der Waals surface area contributed by atoms with Gasteiger partial charge < -0.3 is 10.2 Å². The minimum Gasteiger partial charge on any atom is -0.448 e. The van der Waals surface area contributed by atoms with Crippen LogP contribution in [0.5, 0.6) is 0 Å². The zero-order chi connectivity index (χ0) is 9.65. The molecule has 0 spiro atoms. The summed E-state index contributed by atoms with van der Waals surface area (Å²) in [4.78, 5) is 4.03. The van der Waals surface area contributed by atoms with Crippen LogP contribution in [0.1, 0.15) is 44.3 Å². The molecule has 3 fully saturated rings. The first-order valence-electron chi connectivity index (χ1n) is 5.40.